The van der Waals surface area contributed by atoms with E-state index < -0.39 is 0 Å². The molecule has 0 aromatic carbocycles. The Morgan fingerprint density at radius 2 is 2.00 bits per heavy atom. The number of hydrogen-bond donors (Lipinski definition) is 1. The molecule has 1 nitrogen and oxygen atoms in total. The Morgan fingerprint density at radius 3 is 2.00 bits per heavy atom. The molecular weight excluding hydrogens is 303 g/mol. The largest absolute Gasteiger partial charge is 0.389 e. The summed E-state index contributed by atoms with van der Waals surface area (Å²) in [5.74, 6) is 0. The van der Waals surface area contributed by atoms with Gasteiger partial charge in [0.25, 0.3) is 0 Å². The Morgan fingerprint density at radius 1 is 1.57 bits per heavy atom. The van der Waals surface area contributed by atoms with Crippen LogP contribution in [0.4, 0.5) is 0 Å². The van der Waals surface area contributed by atoms with Gasteiger partial charge >= 0.3 is 0 Å². The van der Waals surface area contributed by atoms with Crippen molar-refractivity contribution in [3.8, 4) is 0 Å². The number of hydrogen-bond acceptors (Lipinski definition) is 1. The van der Waals surface area contributed by atoms with E-state index >= 15 is 0 Å². The molecule has 1 atom stereocenters. The molecule has 0 saturated heterocycles. The van der Waals surface area contributed by atoms with Crippen molar-refractivity contribution in [3.05, 3.63) is 12.2 Å². The number of rotatable bonds is 1. The second-order valence-corrected chi connectivity index (χ2v) is 1.27. The number of allylic oxidation sites excluding steroid dienone is 1. The third-order valence-corrected chi connectivity index (χ3v) is 0.471. The predicted molar refractivity (Wildman–Crippen MR) is 26.5 cm³/mol. The molecule has 0 bridgehead atoms. The molecule has 0 fully saturated rings. The minimum atomic E-state index is -0.282. The summed E-state index contributed by atoms with van der Waals surface area (Å²) in [6.45, 7) is 3.60. The SMILES string of the molecule is C/C=C/C(C)O.[Ac]. The first-order chi connectivity index (χ1) is 2.77. The Labute approximate surface area is 80.4 Å². The summed E-state index contributed by atoms with van der Waals surface area (Å²) in [6, 6.07) is 0. The zero-order chi connectivity index (χ0) is 4.99. The Kier molecular flexibility index (Phi) is 11.2. The minimum Gasteiger partial charge on any atom is -0.389 e. The third-order valence-electron chi connectivity index (χ3n) is 0.471. The Hall–Kier alpha value is 1.14. The molecule has 7 heavy (non-hydrogen) atoms. The fourth-order valence-electron chi connectivity index (χ4n) is 0.279. The first-order valence-electron chi connectivity index (χ1n) is 2.08. The minimum absolute atomic E-state index is 0. The van der Waals surface area contributed by atoms with Gasteiger partial charge in [0, 0.05) is 44.1 Å². The summed E-state index contributed by atoms with van der Waals surface area (Å²) >= 11 is 0. The van der Waals surface area contributed by atoms with Crippen LogP contribution in [0.5, 0.6) is 0 Å². The van der Waals surface area contributed by atoms with Crippen LogP contribution in [0.2, 0.25) is 0 Å². The Bertz CT molecular complexity index is 50.0. The topological polar surface area (TPSA) is 20.2 Å². The first-order valence-corrected chi connectivity index (χ1v) is 2.08. The smallest absolute Gasteiger partial charge is 0.0692 e. The van der Waals surface area contributed by atoms with Gasteiger partial charge in [-0.25, -0.2) is 0 Å². The van der Waals surface area contributed by atoms with E-state index in [1.807, 2.05) is 13.0 Å². The second-order valence-electron chi connectivity index (χ2n) is 1.27. The van der Waals surface area contributed by atoms with Crippen LogP contribution in [0.1, 0.15) is 13.8 Å². The van der Waals surface area contributed by atoms with E-state index in [4.69, 9.17) is 5.11 Å². The van der Waals surface area contributed by atoms with Gasteiger partial charge in [-0.3, -0.25) is 0 Å². The van der Waals surface area contributed by atoms with Gasteiger partial charge in [-0.1, -0.05) is 12.2 Å². The molecule has 39 valence electrons. The van der Waals surface area contributed by atoms with Gasteiger partial charge in [-0.05, 0) is 13.8 Å². The monoisotopic (exact) mass is 313 g/mol. The maximum atomic E-state index is 8.47. The van der Waals surface area contributed by atoms with Crippen LogP contribution in [0.15, 0.2) is 12.2 Å². The fraction of sp³-hybridized carbons (Fsp3) is 0.600. The second kappa shape index (κ2) is 7.14. The van der Waals surface area contributed by atoms with Gasteiger partial charge in [0.05, 0.1) is 6.10 Å². The molecule has 0 aliphatic rings. The van der Waals surface area contributed by atoms with Crippen LogP contribution in [-0.4, -0.2) is 11.2 Å². The molecule has 1 unspecified atom stereocenters. The molecule has 0 spiro atoms. The van der Waals surface area contributed by atoms with Gasteiger partial charge < -0.3 is 5.11 Å². The molecule has 0 aromatic rings. The molecule has 0 aromatic heterocycles. The van der Waals surface area contributed by atoms with Crippen LogP contribution < -0.4 is 0 Å². The van der Waals surface area contributed by atoms with Crippen LogP contribution in [0.3, 0.4) is 0 Å². The van der Waals surface area contributed by atoms with Gasteiger partial charge in [0.15, 0.2) is 0 Å². The fourth-order valence-corrected chi connectivity index (χ4v) is 0.279. The maximum Gasteiger partial charge on any atom is 0.0692 e. The summed E-state index contributed by atoms with van der Waals surface area (Å²) in [6.07, 6.45) is 3.26. The molecule has 0 saturated carbocycles. The van der Waals surface area contributed by atoms with E-state index in [1.54, 1.807) is 13.0 Å². The summed E-state index contributed by atoms with van der Waals surface area (Å²) in [5.41, 5.74) is 0. The third kappa shape index (κ3) is 11.0. The molecule has 0 heterocycles. The van der Waals surface area contributed by atoms with Crippen molar-refractivity contribution in [1.82, 2.24) is 0 Å². The Balaban J connectivity index is 0. The van der Waals surface area contributed by atoms with Crippen LogP contribution in [0.25, 0.3) is 0 Å². The molecule has 1 radical (unpaired) electrons. The van der Waals surface area contributed by atoms with Gasteiger partial charge in [-0.15, -0.1) is 0 Å². The van der Waals surface area contributed by atoms with Crippen molar-refractivity contribution in [2.45, 2.75) is 20.0 Å². The first kappa shape index (κ1) is 11.0. The summed E-state index contributed by atoms with van der Waals surface area (Å²) in [4.78, 5) is 0. The van der Waals surface area contributed by atoms with Crippen molar-refractivity contribution in [2.75, 3.05) is 0 Å². The van der Waals surface area contributed by atoms with Crippen LogP contribution >= 0.6 is 0 Å². The van der Waals surface area contributed by atoms with Crippen molar-refractivity contribution in [3.63, 3.8) is 0 Å². The predicted octanol–water partition coefficient (Wildman–Crippen LogP) is 0.943. The number of aliphatic hydroxyl groups is 1. The summed E-state index contributed by atoms with van der Waals surface area (Å²) in [5, 5.41) is 8.47. The average molecular weight is 313 g/mol. The molecule has 0 aliphatic carbocycles. The molecule has 0 rings (SSSR count). The van der Waals surface area contributed by atoms with Crippen molar-refractivity contribution >= 4 is 0 Å². The normalized spacial score (nSPS) is 13.6. The molecule has 2 heteroatoms. The van der Waals surface area contributed by atoms with Crippen LogP contribution in [-0.2, 0) is 0 Å². The quantitative estimate of drug-likeness (QED) is 0.715. The zero-order valence-corrected chi connectivity index (χ0v) is 9.50. The van der Waals surface area contributed by atoms with E-state index in [0.717, 1.165) is 0 Å². The maximum absolute atomic E-state index is 8.47. The van der Waals surface area contributed by atoms with Crippen LogP contribution in [0, 0.1) is 44.1 Å². The standard InChI is InChI=1S/C5H10O.Ac/c1-3-4-5(2)6;/h3-6H,1-2H3;/b4-3+;. The average Bonchev–Trinajstić information content (AvgIpc) is 1.35. The van der Waals surface area contributed by atoms with Gasteiger partial charge in [0.2, 0.25) is 0 Å². The van der Waals surface area contributed by atoms with Crippen molar-refractivity contribution < 1.29 is 49.2 Å². The van der Waals surface area contributed by atoms with Crippen molar-refractivity contribution in [1.29, 1.82) is 0 Å². The van der Waals surface area contributed by atoms with E-state index in [9.17, 15) is 0 Å². The van der Waals surface area contributed by atoms with E-state index in [2.05, 4.69) is 0 Å². The summed E-state index contributed by atoms with van der Waals surface area (Å²) < 4.78 is 0. The van der Waals surface area contributed by atoms with Gasteiger partial charge in [-0.2, -0.15) is 0 Å². The molecule has 1 N–H and O–H groups in total. The summed E-state index contributed by atoms with van der Waals surface area (Å²) in [7, 11) is 0. The molecule has 0 amide bonds. The van der Waals surface area contributed by atoms with Gasteiger partial charge in [0.1, 0.15) is 0 Å². The molecule has 0 aliphatic heterocycles. The van der Waals surface area contributed by atoms with Crippen molar-refractivity contribution in [2.24, 2.45) is 0 Å². The number of aliphatic hydroxyl groups excluding tert-OH is 1. The zero-order valence-electron chi connectivity index (χ0n) is 4.76. The van der Waals surface area contributed by atoms with E-state index in [1.165, 1.54) is 0 Å². The van der Waals surface area contributed by atoms with E-state index in [0.29, 0.717) is 0 Å². The molecular formula is C5H10AcO. The van der Waals surface area contributed by atoms with E-state index in [-0.39, 0.29) is 50.2 Å².